The second kappa shape index (κ2) is 4.38. The van der Waals surface area contributed by atoms with E-state index in [0.29, 0.717) is 0 Å². The van der Waals surface area contributed by atoms with Crippen LogP contribution in [0.3, 0.4) is 0 Å². The Morgan fingerprint density at radius 1 is 1.33 bits per heavy atom. The number of hydrogen-bond acceptors (Lipinski definition) is 5. The topological polar surface area (TPSA) is 101 Å². The Balaban J connectivity index is 3.56. The second-order valence-electron chi connectivity index (χ2n) is 4.67. The largest absolute Gasteiger partial charge is 0.270 e. The first-order chi connectivity index (χ1) is 8.11. The van der Waals surface area contributed by atoms with Crippen LogP contribution >= 0.6 is 0 Å². The van der Waals surface area contributed by atoms with Gasteiger partial charge in [-0.25, -0.2) is 8.42 Å². The molecule has 1 rings (SSSR count). The Labute approximate surface area is 105 Å². The highest BCUT2D eigenvalue weighted by Gasteiger charge is 2.33. The van der Waals surface area contributed by atoms with Gasteiger partial charge < -0.3 is 0 Å². The van der Waals surface area contributed by atoms with E-state index < -0.39 is 19.5 Å². The molecule has 0 N–H and O–H groups in total. The lowest BCUT2D eigenvalue weighted by Gasteiger charge is -2.19. The molecular formula is C11H12N2O4S. The molecule has 0 saturated carbocycles. The summed E-state index contributed by atoms with van der Waals surface area (Å²) in [6, 6.07) is 4.85. The number of non-ortho nitro benzene ring substituents is 1. The van der Waals surface area contributed by atoms with Crippen molar-refractivity contribution in [3.63, 3.8) is 0 Å². The average Bonchev–Trinajstić information content (AvgIpc) is 2.26. The number of rotatable bonds is 2. The first kappa shape index (κ1) is 14.1. The lowest BCUT2D eigenvalue weighted by Crippen LogP contribution is -2.28. The second-order valence-corrected chi connectivity index (χ2v) is 7.34. The molecule has 0 aliphatic heterocycles. The zero-order valence-corrected chi connectivity index (χ0v) is 11.0. The molecule has 0 bridgehead atoms. The molecule has 0 unspecified atom stereocenters. The van der Waals surface area contributed by atoms with Crippen molar-refractivity contribution in [3.8, 4) is 6.07 Å². The van der Waals surface area contributed by atoms with Crippen LogP contribution < -0.4 is 0 Å². The van der Waals surface area contributed by atoms with Gasteiger partial charge in [0.25, 0.3) is 5.69 Å². The maximum Gasteiger partial charge on any atom is 0.270 e. The van der Waals surface area contributed by atoms with E-state index >= 15 is 0 Å². The summed E-state index contributed by atoms with van der Waals surface area (Å²) >= 11 is 0. The van der Waals surface area contributed by atoms with Gasteiger partial charge in [-0.1, -0.05) is 0 Å². The minimum Gasteiger partial charge on any atom is -0.258 e. The Morgan fingerprint density at radius 2 is 1.89 bits per heavy atom. The van der Waals surface area contributed by atoms with Crippen molar-refractivity contribution >= 4 is 15.5 Å². The van der Waals surface area contributed by atoms with Gasteiger partial charge in [-0.05, 0) is 26.8 Å². The summed E-state index contributed by atoms with van der Waals surface area (Å²) in [6.07, 6.45) is 0. The number of nitriles is 1. The van der Waals surface area contributed by atoms with E-state index in [2.05, 4.69) is 0 Å². The third-order valence-electron chi connectivity index (χ3n) is 2.39. The molecule has 0 aliphatic rings. The van der Waals surface area contributed by atoms with Crippen LogP contribution in [0, 0.1) is 21.4 Å². The Morgan fingerprint density at radius 3 is 2.28 bits per heavy atom. The van der Waals surface area contributed by atoms with Crippen molar-refractivity contribution in [2.24, 2.45) is 0 Å². The van der Waals surface area contributed by atoms with Gasteiger partial charge in [0, 0.05) is 12.1 Å². The minimum atomic E-state index is -3.71. The normalized spacial score (nSPS) is 11.9. The van der Waals surface area contributed by atoms with Crippen molar-refractivity contribution in [1.29, 1.82) is 5.26 Å². The zero-order chi connectivity index (χ0) is 14.1. The average molecular weight is 268 g/mol. The Kier molecular flexibility index (Phi) is 3.44. The lowest BCUT2D eigenvalue weighted by molar-refractivity contribution is -0.384. The fourth-order valence-electron chi connectivity index (χ4n) is 1.28. The quantitative estimate of drug-likeness (QED) is 0.603. The van der Waals surface area contributed by atoms with E-state index in [-0.39, 0.29) is 16.1 Å². The zero-order valence-electron chi connectivity index (χ0n) is 10.2. The summed E-state index contributed by atoms with van der Waals surface area (Å²) in [5.41, 5.74) is -0.515. The molecule has 1 aromatic carbocycles. The lowest BCUT2D eigenvalue weighted by atomic mass is 10.2. The van der Waals surface area contributed by atoms with E-state index in [1.165, 1.54) is 20.8 Å². The summed E-state index contributed by atoms with van der Waals surface area (Å²) in [4.78, 5) is 9.72. The van der Waals surface area contributed by atoms with Crippen LogP contribution in [0.15, 0.2) is 23.1 Å². The fourth-order valence-corrected chi connectivity index (χ4v) is 2.58. The number of sulfone groups is 1. The van der Waals surface area contributed by atoms with Crippen molar-refractivity contribution in [1.82, 2.24) is 0 Å². The van der Waals surface area contributed by atoms with Gasteiger partial charge in [-0.2, -0.15) is 5.26 Å². The van der Waals surface area contributed by atoms with Crippen LogP contribution in [0.4, 0.5) is 5.69 Å². The molecule has 0 aliphatic carbocycles. The molecule has 18 heavy (non-hydrogen) atoms. The van der Waals surface area contributed by atoms with Crippen molar-refractivity contribution < 1.29 is 13.3 Å². The van der Waals surface area contributed by atoms with E-state index in [0.717, 1.165) is 18.2 Å². The molecule has 0 radical (unpaired) electrons. The van der Waals surface area contributed by atoms with Gasteiger partial charge in [0.05, 0.1) is 20.1 Å². The van der Waals surface area contributed by atoms with Gasteiger partial charge in [0.1, 0.15) is 6.07 Å². The molecule has 0 amide bonds. The SMILES string of the molecule is CC(C)(C)S(=O)(=O)c1ccc([N+](=O)[O-])cc1C#N. The number of nitro benzene ring substituents is 1. The van der Waals surface area contributed by atoms with Gasteiger partial charge >= 0.3 is 0 Å². The summed E-state index contributed by atoms with van der Waals surface area (Å²) in [5.74, 6) is 0. The number of nitrogens with zero attached hydrogens (tertiary/aromatic N) is 2. The maximum atomic E-state index is 12.2. The Bertz CT molecular complexity index is 636. The van der Waals surface area contributed by atoms with Crippen LogP contribution in [0.25, 0.3) is 0 Å². The number of nitro groups is 1. The maximum absolute atomic E-state index is 12.2. The van der Waals surface area contributed by atoms with Gasteiger partial charge in [-0.3, -0.25) is 10.1 Å². The van der Waals surface area contributed by atoms with Crippen LogP contribution in [0.1, 0.15) is 26.3 Å². The van der Waals surface area contributed by atoms with Crippen molar-refractivity contribution in [2.75, 3.05) is 0 Å². The molecule has 0 spiro atoms. The molecule has 0 heterocycles. The number of benzene rings is 1. The standard InChI is InChI=1S/C11H12N2O4S/c1-11(2,3)18(16,17)10-5-4-9(13(14)15)6-8(10)7-12/h4-6H,1-3H3. The van der Waals surface area contributed by atoms with E-state index in [4.69, 9.17) is 5.26 Å². The van der Waals surface area contributed by atoms with Gasteiger partial charge in [-0.15, -0.1) is 0 Å². The number of hydrogen-bond donors (Lipinski definition) is 0. The highest BCUT2D eigenvalue weighted by Crippen LogP contribution is 2.29. The smallest absolute Gasteiger partial charge is 0.258 e. The molecule has 0 fully saturated rings. The molecule has 96 valence electrons. The van der Waals surface area contributed by atoms with Crippen LogP contribution in [-0.2, 0) is 9.84 Å². The highest BCUT2D eigenvalue weighted by atomic mass is 32.2. The van der Waals surface area contributed by atoms with E-state index in [1.54, 1.807) is 6.07 Å². The summed E-state index contributed by atoms with van der Waals surface area (Å²) in [6.45, 7) is 4.51. The molecule has 1 aromatic rings. The molecule has 7 heteroatoms. The fraction of sp³-hybridized carbons (Fsp3) is 0.364. The predicted octanol–water partition coefficient (Wildman–Crippen LogP) is 2.04. The first-order valence-electron chi connectivity index (χ1n) is 5.04. The van der Waals surface area contributed by atoms with Crippen molar-refractivity contribution in [3.05, 3.63) is 33.9 Å². The predicted molar refractivity (Wildman–Crippen MR) is 64.8 cm³/mol. The molecule has 0 saturated heterocycles. The van der Waals surface area contributed by atoms with Gasteiger partial charge in [0.15, 0.2) is 9.84 Å². The summed E-state index contributed by atoms with van der Waals surface area (Å²) < 4.78 is 23.3. The molecular weight excluding hydrogens is 256 g/mol. The summed E-state index contributed by atoms with van der Waals surface area (Å²) in [5, 5.41) is 19.5. The van der Waals surface area contributed by atoms with Crippen LogP contribution in [0.5, 0.6) is 0 Å². The minimum absolute atomic E-state index is 0.178. The molecule has 6 nitrogen and oxygen atoms in total. The first-order valence-corrected chi connectivity index (χ1v) is 6.53. The van der Waals surface area contributed by atoms with Crippen molar-refractivity contribution in [2.45, 2.75) is 30.4 Å². The van der Waals surface area contributed by atoms with E-state index in [1.807, 2.05) is 0 Å². The Hall–Kier alpha value is -1.94. The molecule has 0 atom stereocenters. The van der Waals surface area contributed by atoms with Gasteiger partial charge in [0.2, 0.25) is 0 Å². The van der Waals surface area contributed by atoms with Crippen LogP contribution in [0.2, 0.25) is 0 Å². The summed E-state index contributed by atoms with van der Waals surface area (Å²) in [7, 11) is -3.71. The van der Waals surface area contributed by atoms with E-state index in [9.17, 15) is 18.5 Å². The van der Waals surface area contributed by atoms with Crippen LogP contribution in [-0.4, -0.2) is 18.1 Å². The third kappa shape index (κ3) is 2.33. The molecule has 0 aromatic heterocycles. The monoisotopic (exact) mass is 268 g/mol. The highest BCUT2D eigenvalue weighted by molar-refractivity contribution is 7.92. The third-order valence-corrected chi connectivity index (χ3v) is 4.94.